The Morgan fingerprint density at radius 1 is 1.17 bits per heavy atom. The normalized spacial score (nSPS) is 11.6. The van der Waals surface area contributed by atoms with E-state index < -0.39 is 0 Å². The fourth-order valence-electron chi connectivity index (χ4n) is 2.14. The predicted molar refractivity (Wildman–Crippen MR) is 71.7 cm³/mol. The Bertz CT molecular complexity index is 358. The second-order valence-electron chi connectivity index (χ2n) is 4.47. The van der Waals surface area contributed by atoms with Crippen LogP contribution >= 0.6 is 0 Å². The molecule has 0 aromatic rings. The van der Waals surface area contributed by atoms with Crippen molar-refractivity contribution in [2.45, 2.75) is 52.9 Å². The molecule has 4 heteroatoms. The quantitative estimate of drug-likeness (QED) is 0.464. The lowest BCUT2D eigenvalue weighted by molar-refractivity contribution is 0.239. The van der Waals surface area contributed by atoms with Gasteiger partial charge in [0, 0.05) is 6.20 Å². The van der Waals surface area contributed by atoms with Gasteiger partial charge in [-0.05, 0) is 24.7 Å². The molecule has 0 unspecified atom stereocenters. The van der Waals surface area contributed by atoms with Crippen LogP contribution in [0.3, 0.4) is 0 Å². The van der Waals surface area contributed by atoms with Crippen LogP contribution in [0, 0.1) is 5.41 Å². The Morgan fingerprint density at radius 3 is 2.28 bits per heavy atom. The van der Waals surface area contributed by atoms with Crippen LogP contribution in [0.2, 0.25) is 0 Å². The van der Waals surface area contributed by atoms with E-state index in [9.17, 15) is 9.59 Å². The molecule has 0 aromatic heterocycles. The van der Waals surface area contributed by atoms with Gasteiger partial charge >= 0.3 is 0 Å². The number of rotatable bonds is 9. The van der Waals surface area contributed by atoms with Crippen molar-refractivity contribution in [2.75, 3.05) is 6.54 Å². The zero-order valence-electron chi connectivity index (χ0n) is 11.5. The molecular weight excluding hydrogens is 228 g/mol. The average Bonchev–Trinajstić information content (AvgIpc) is 2.42. The minimum Gasteiger partial charge on any atom is -0.211 e. The molecule has 0 amide bonds. The molecule has 100 valence electrons. The van der Waals surface area contributed by atoms with E-state index in [0.29, 0.717) is 6.54 Å². The molecule has 0 aliphatic carbocycles. The summed E-state index contributed by atoms with van der Waals surface area (Å²) in [5, 5.41) is 0. The van der Waals surface area contributed by atoms with E-state index in [4.69, 9.17) is 0 Å². The number of carbonyl (C=O) groups excluding carboxylic acids is 2. The number of aliphatic imine (C=N–C) groups is 2. The van der Waals surface area contributed by atoms with Crippen LogP contribution in [-0.2, 0) is 9.59 Å². The van der Waals surface area contributed by atoms with Gasteiger partial charge in [0.2, 0.25) is 12.2 Å². The maximum absolute atomic E-state index is 10.1. The predicted octanol–water partition coefficient (Wildman–Crippen LogP) is 3.54. The SMILES string of the molecule is CCC(=CN=C=O)CC(CC)(CC)CCN=C=O. The third-order valence-corrected chi connectivity index (χ3v) is 3.67. The highest BCUT2D eigenvalue weighted by Gasteiger charge is 2.26. The molecule has 0 heterocycles. The number of allylic oxidation sites excluding steroid dienone is 1. The molecule has 0 saturated carbocycles. The molecule has 0 rings (SSSR count). The minimum atomic E-state index is 0.126. The van der Waals surface area contributed by atoms with E-state index in [-0.39, 0.29) is 5.41 Å². The largest absolute Gasteiger partial charge is 0.239 e. The molecular formula is C14H22N2O2. The lowest BCUT2D eigenvalue weighted by Crippen LogP contribution is -2.21. The standard InChI is InChI=1S/C14H22N2O2/c1-4-13(10-16-12-18)9-14(5-2,6-3)7-8-15-11-17/h10H,4-9H2,1-3H3. The number of hydrogen-bond acceptors (Lipinski definition) is 4. The summed E-state index contributed by atoms with van der Waals surface area (Å²) in [6.45, 7) is 6.85. The van der Waals surface area contributed by atoms with Crippen LogP contribution < -0.4 is 0 Å². The van der Waals surface area contributed by atoms with Gasteiger partial charge in [0.1, 0.15) is 0 Å². The second kappa shape index (κ2) is 9.52. The topological polar surface area (TPSA) is 58.9 Å². The second-order valence-corrected chi connectivity index (χ2v) is 4.47. The summed E-state index contributed by atoms with van der Waals surface area (Å²) in [7, 11) is 0. The Morgan fingerprint density at radius 2 is 1.83 bits per heavy atom. The van der Waals surface area contributed by atoms with Crippen molar-refractivity contribution in [1.29, 1.82) is 0 Å². The van der Waals surface area contributed by atoms with Crippen LogP contribution in [0.1, 0.15) is 52.9 Å². The molecule has 0 bridgehead atoms. The summed E-state index contributed by atoms with van der Waals surface area (Å²) in [6.07, 6.45) is 9.36. The summed E-state index contributed by atoms with van der Waals surface area (Å²) in [6, 6.07) is 0. The number of hydrogen-bond donors (Lipinski definition) is 0. The van der Waals surface area contributed by atoms with E-state index in [1.807, 2.05) is 6.92 Å². The van der Waals surface area contributed by atoms with Crippen molar-refractivity contribution < 1.29 is 9.59 Å². The van der Waals surface area contributed by atoms with Gasteiger partial charge in [0.05, 0.1) is 6.54 Å². The number of isocyanates is 2. The fraction of sp³-hybridized carbons (Fsp3) is 0.714. The molecule has 18 heavy (non-hydrogen) atoms. The number of nitrogens with zero attached hydrogens (tertiary/aromatic N) is 2. The minimum absolute atomic E-state index is 0.126. The van der Waals surface area contributed by atoms with Crippen LogP contribution in [0.5, 0.6) is 0 Å². The maximum atomic E-state index is 10.1. The van der Waals surface area contributed by atoms with E-state index in [1.165, 1.54) is 6.08 Å². The first kappa shape index (κ1) is 16.5. The third-order valence-electron chi connectivity index (χ3n) is 3.67. The lowest BCUT2D eigenvalue weighted by atomic mass is 9.74. The smallest absolute Gasteiger partial charge is 0.211 e. The van der Waals surface area contributed by atoms with Crippen molar-refractivity contribution in [3.05, 3.63) is 11.8 Å². The summed E-state index contributed by atoms with van der Waals surface area (Å²) in [4.78, 5) is 27.4. The highest BCUT2D eigenvalue weighted by atomic mass is 16.1. The fourth-order valence-corrected chi connectivity index (χ4v) is 2.14. The van der Waals surface area contributed by atoms with Crippen LogP contribution in [0.25, 0.3) is 0 Å². The van der Waals surface area contributed by atoms with Crippen molar-refractivity contribution in [1.82, 2.24) is 0 Å². The average molecular weight is 250 g/mol. The van der Waals surface area contributed by atoms with E-state index in [2.05, 4.69) is 23.8 Å². The van der Waals surface area contributed by atoms with Gasteiger partial charge in [-0.25, -0.2) is 14.6 Å². The molecule has 0 aliphatic heterocycles. The first-order chi connectivity index (χ1) is 8.67. The molecule has 0 aromatic carbocycles. The molecule has 0 aliphatic rings. The summed E-state index contributed by atoms with van der Waals surface area (Å²) in [5.41, 5.74) is 1.26. The van der Waals surface area contributed by atoms with Gasteiger partial charge < -0.3 is 0 Å². The first-order valence-electron chi connectivity index (χ1n) is 6.46. The van der Waals surface area contributed by atoms with Crippen molar-refractivity contribution in [2.24, 2.45) is 15.4 Å². The molecule has 4 nitrogen and oxygen atoms in total. The van der Waals surface area contributed by atoms with Crippen LogP contribution in [-0.4, -0.2) is 18.7 Å². The maximum Gasteiger partial charge on any atom is 0.239 e. The molecule has 0 saturated heterocycles. The van der Waals surface area contributed by atoms with Crippen molar-refractivity contribution in [3.63, 3.8) is 0 Å². The summed E-state index contributed by atoms with van der Waals surface area (Å²) < 4.78 is 0. The molecule has 0 fully saturated rings. The third kappa shape index (κ3) is 5.72. The van der Waals surface area contributed by atoms with E-state index >= 15 is 0 Å². The van der Waals surface area contributed by atoms with E-state index in [0.717, 1.165) is 37.7 Å². The Balaban J connectivity index is 4.85. The van der Waals surface area contributed by atoms with Gasteiger partial charge in [-0.2, -0.15) is 4.99 Å². The monoisotopic (exact) mass is 250 g/mol. The Kier molecular flexibility index (Phi) is 8.73. The summed E-state index contributed by atoms with van der Waals surface area (Å²) >= 11 is 0. The molecule has 0 spiro atoms. The zero-order chi connectivity index (χ0) is 13.9. The first-order valence-corrected chi connectivity index (χ1v) is 6.46. The lowest BCUT2D eigenvalue weighted by Gasteiger charge is -2.32. The van der Waals surface area contributed by atoms with Gasteiger partial charge in [-0.3, -0.25) is 0 Å². The zero-order valence-corrected chi connectivity index (χ0v) is 11.5. The van der Waals surface area contributed by atoms with Gasteiger partial charge in [-0.15, -0.1) is 0 Å². The Hall–Kier alpha value is -1.50. The van der Waals surface area contributed by atoms with Crippen molar-refractivity contribution in [3.8, 4) is 0 Å². The molecule has 0 atom stereocenters. The Labute approximate surface area is 109 Å². The molecule has 0 N–H and O–H groups in total. The van der Waals surface area contributed by atoms with Gasteiger partial charge in [0.15, 0.2) is 0 Å². The highest BCUT2D eigenvalue weighted by Crippen LogP contribution is 2.38. The highest BCUT2D eigenvalue weighted by molar-refractivity contribution is 5.35. The van der Waals surface area contributed by atoms with Gasteiger partial charge in [-0.1, -0.05) is 39.2 Å². The van der Waals surface area contributed by atoms with Crippen molar-refractivity contribution >= 4 is 12.2 Å². The van der Waals surface area contributed by atoms with Gasteiger partial charge in [0.25, 0.3) is 0 Å². The van der Waals surface area contributed by atoms with E-state index in [1.54, 1.807) is 12.3 Å². The summed E-state index contributed by atoms with van der Waals surface area (Å²) in [5.74, 6) is 0. The van der Waals surface area contributed by atoms with Crippen LogP contribution in [0.4, 0.5) is 0 Å². The van der Waals surface area contributed by atoms with Crippen LogP contribution in [0.15, 0.2) is 21.8 Å². The molecule has 0 radical (unpaired) electrons.